The third-order valence-electron chi connectivity index (χ3n) is 10.6. The summed E-state index contributed by atoms with van der Waals surface area (Å²) in [7, 11) is 2.00. The average Bonchev–Trinajstić information content (AvgIpc) is 3.16. The van der Waals surface area contributed by atoms with Gasteiger partial charge in [0.05, 0.1) is 0 Å². The first-order chi connectivity index (χ1) is 16.3. The Bertz CT molecular complexity index is 766. The second-order valence-corrected chi connectivity index (χ2v) is 12.3. The fourth-order valence-electron chi connectivity index (χ4n) is 8.57. The van der Waals surface area contributed by atoms with Gasteiger partial charge < -0.3 is 15.5 Å². The number of likely N-dealkylation sites (N-methyl/N-ethyl adjacent to an activating group) is 1. The van der Waals surface area contributed by atoms with E-state index in [1.807, 2.05) is 18.0 Å². The van der Waals surface area contributed by atoms with Crippen molar-refractivity contribution < 1.29 is 9.59 Å². The molecule has 34 heavy (non-hydrogen) atoms. The third kappa shape index (κ3) is 4.78. The fraction of sp³-hybridized carbons (Fsp3) is 0.862. The largest absolute Gasteiger partial charge is 0.338 e. The maximum absolute atomic E-state index is 12.4. The quantitative estimate of drug-likeness (QED) is 0.411. The van der Waals surface area contributed by atoms with Gasteiger partial charge in [0.1, 0.15) is 0 Å². The molecule has 5 heteroatoms. The van der Waals surface area contributed by atoms with Crippen molar-refractivity contribution in [1.82, 2.24) is 15.5 Å². The maximum atomic E-state index is 12.4. The van der Waals surface area contributed by atoms with Crippen LogP contribution in [0.2, 0.25) is 0 Å². The first-order valence-electron chi connectivity index (χ1n) is 14.3. The Morgan fingerprint density at radius 3 is 2.56 bits per heavy atom. The molecule has 192 valence electrons. The summed E-state index contributed by atoms with van der Waals surface area (Å²) >= 11 is 0. The molecule has 3 aliphatic carbocycles. The highest BCUT2D eigenvalue weighted by Crippen LogP contribution is 2.65. The predicted molar refractivity (Wildman–Crippen MR) is 138 cm³/mol. The zero-order chi connectivity index (χ0) is 24.3. The van der Waals surface area contributed by atoms with E-state index >= 15 is 0 Å². The summed E-state index contributed by atoms with van der Waals surface area (Å²) < 4.78 is 0. The van der Waals surface area contributed by atoms with Crippen LogP contribution in [-0.2, 0) is 4.79 Å². The Morgan fingerprint density at radius 1 is 1.00 bits per heavy atom. The van der Waals surface area contributed by atoms with Crippen LogP contribution in [-0.4, -0.2) is 43.0 Å². The van der Waals surface area contributed by atoms with E-state index in [9.17, 15) is 9.59 Å². The van der Waals surface area contributed by atoms with Crippen molar-refractivity contribution in [3.8, 4) is 0 Å². The molecule has 0 spiro atoms. The fourth-order valence-corrected chi connectivity index (χ4v) is 8.57. The Labute approximate surface area is 207 Å². The van der Waals surface area contributed by atoms with Crippen molar-refractivity contribution in [2.24, 2.45) is 34.5 Å². The van der Waals surface area contributed by atoms with Gasteiger partial charge in [-0.25, -0.2) is 4.79 Å². The predicted octanol–water partition coefficient (Wildman–Crippen LogP) is 5.90. The van der Waals surface area contributed by atoms with Gasteiger partial charge in [-0.05, 0) is 80.1 Å². The van der Waals surface area contributed by atoms with E-state index in [1.54, 1.807) is 0 Å². The molecule has 0 aromatic carbocycles. The third-order valence-corrected chi connectivity index (χ3v) is 10.6. The van der Waals surface area contributed by atoms with Crippen LogP contribution in [0.5, 0.6) is 0 Å². The van der Waals surface area contributed by atoms with E-state index in [0.29, 0.717) is 23.3 Å². The SMILES string of the molecule is CCCCCCCCNC(=O)NCC1CC[C@H]2[C@@H]3CC[C@H]4N(C)C(=O)C=C[C@]4(C)[C@H]3CC[C@]12C. The molecule has 0 aromatic heterocycles. The molecule has 7 atom stereocenters. The molecule has 1 aliphatic heterocycles. The van der Waals surface area contributed by atoms with Crippen LogP contribution in [0.3, 0.4) is 0 Å². The van der Waals surface area contributed by atoms with E-state index in [4.69, 9.17) is 0 Å². The normalized spacial score (nSPS) is 38.8. The molecule has 2 N–H and O–H groups in total. The van der Waals surface area contributed by atoms with Crippen LogP contribution >= 0.6 is 0 Å². The number of carbonyl (C=O) groups is 2. The molecular formula is C29H49N3O2. The smallest absolute Gasteiger partial charge is 0.314 e. The van der Waals surface area contributed by atoms with Gasteiger partial charge in [0.2, 0.25) is 5.91 Å². The highest BCUT2D eigenvalue weighted by atomic mass is 16.2. The van der Waals surface area contributed by atoms with Gasteiger partial charge in [0.25, 0.3) is 0 Å². The Balaban J connectivity index is 1.28. The van der Waals surface area contributed by atoms with Crippen molar-refractivity contribution in [1.29, 1.82) is 0 Å². The van der Waals surface area contributed by atoms with Gasteiger partial charge in [-0.1, -0.05) is 59.0 Å². The van der Waals surface area contributed by atoms with Crippen LogP contribution in [0, 0.1) is 34.5 Å². The Kier molecular flexibility index (Phi) is 7.99. The molecule has 3 fully saturated rings. The zero-order valence-electron chi connectivity index (χ0n) is 22.2. The molecule has 0 radical (unpaired) electrons. The molecule has 5 nitrogen and oxygen atoms in total. The minimum absolute atomic E-state index is 0.0161. The van der Waals surface area contributed by atoms with Crippen LogP contribution in [0.15, 0.2) is 12.2 Å². The summed E-state index contributed by atoms with van der Waals surface area (Å²) in [4.78, 5) is 26.7. The second kappa shape index (κ2) is 10.6. The molecule has 4 aliphatic rings. The van der Waals surface area contributed by atoms with Crippen molar-refractivity contribution in [3.05, 3.63) is 12.2 Å². The van der Waals surface area contributed by atoms with E-state index in [1.165, 1.54) is 64.2 Å². The van der Waals surface area contributed by atoms with Crippen molar-refractivity contribution in [2.75, 3.05) is 20.1 Å². The number of carbonyl (C=O) groups excluding carboxylic acids is 2. The van der Waals surface area contributed by atoms with Crippen molar-refractivity contribution >= 4 is 11.9 Å². The van der Waals surface area contributed by atoms with Gasteiger partial charge in [-0.2, -0.15) is 0 Å². The summed E-state index contributed by atoms with van der Waals surface area (Å²) in [6, 6.07) is 0.368. The van der Waals surface area contributed by atoms with Crippen LogP contribution < -0.4 is 10.6 Å². The number of hydrogen-bond donors (Lipinski definition) is 2. The number of rotatable bonds is 9. The lowest BCUT2D eigenvalue weighted by molar-refractivity contribution is -0.138. The van der Waals surface area contributed by atoms with Crippen LogP contribution in [0.4, 0.5) is 4.79 Å². The Hall–Kier alpha value is -1.52. The van der Waals surface area contributed by atoms with Crippen LogP contribution in [0.25, 0.3) is 0 Å². The number of nitrogens with zero attached hydrogens (tertiary/aromatic N) is 1. The number of amides is 3. The highest BCUT2D eigenvalue weighted by Gasteiger charge is 2.60. The second-order valence-electron chi connectivity index (χ2n) is 12.3. The first-order valence-corrected chi connectivity index (χ1v) is 14.3. The summed E-state index contributed by atoms with van der Waals surface area (Å²) in [6.45, 7) is 8.77. The van der Waals surface area contributed by atoms with E-state index < -0.39 is 0 Å². The minimum Gasteiger partial charge on any atom is -0.338 e. The molecule has 4 rings (SSSR count). The topological polar surface area (TPSA) is 61.4 Å². The number of unbranched alkanes of at least 4 members (excludes halogenated alkanes) is 5. The standard InChI is InChI=1S/C29H49N3O2/c1-5-6-7-8-9-10-19-30-27(34)31-20-21-11-13-23-22-12-14-25-29(3,18-16-26(33)32(25)4)24(22)15-17-28(21,23)2/h16,18,21-25H,5-15,17,19-20H2,1-4H3,(H2,30,31,34)/t21?,22-,23-,24-,25+,28+,29+/m0/s1. The van der Waals surface area contributed by atoms with Gasteiger partial charge in [0, 0.05) is 31.6 Å². The molecule has 1 unspecified atom stereocenters. The average molecular weight is 472 g/mol. The van der Waals surface area contributed by atoms with Crippen molar-refractivity contribution in [3.63, 3.8) is 0 Å². The van der Waals surface area contributed by atoms with Crippen LogP contribution in [0.1, 0.15) is 97.8 Å². The lowest BCUT2D eigenvalue weighted by Crippen LogP contribution is -2.59. The number of fused-ring (bicyclic) bond motifs is 5. The Morgan fingerprint density at radius 2 is 1.76 bits per heavy atom. The van der Waals surface area contributed by atoms with Crippen molar-refractivity contribution in [2.45, 2.75) is 104 Å². The summed E-state index contributed by atoms with van der Waals surface area (Å²) in [5.74, 6) is 2.91. The van der Waals surface area contributed by atoms with Gasteiger partial charge in [-0.3, -0.25) is 4.79 Å². The molecule has 1 heterocycles. The van der Waals surface area contributed by atoms with Gasteiger partial charge >= 0.3 is 6.03 Å². The molecular weight excluding hydrogens is 422 g/mol. The lowest BCUT2D eigenvalue weighted by Gasteiger charge is -2.60. The molecule has 3 saturated carbocycles. The summed E-state index contributed by atoms with van der Waals surface area (Å²) in [6.07, 6.45) is 19.0. The van der Waals surface area contributed by atoms with E-state index in [2.05, 4.69) is 37.5 Å². The van der Waals surface area contributed by atoms with E-state index in [-0.39, 0.29) is 17.4 Å². The number of nitrogens with one attached hydrogen (secondary N) is 2. The minimum atomic E-state index is 0.0161. The molecule has 0 bridgehead atoms. The van der Waals surface area contributed by atoms with Gasteiger partial charge in [0.15, 0.2) is 0 Å². The first kappa shape index (κ1) is 25.6. The number of urea groups is 1. The highest BCUT2D eigenvalue weighted by molar-refractivity contribution is 5.89. The van der Waals surface area contributed by atoms with E-state index in [0.717, 1.165) is 37.8 Å². The summed E-state index contributed by atoms with van der Waals surface area (Å²) in [5, 5.41) is 6.31. The monoisotopic (exact) mass is 471 g/mol. The number of hydrogen-bond acceptors (Lipinski definition) is 2. The molecule has 3 amide bonds. The molecule has 0 saturated heterocycles. The zero-order valence-corrected chi connectivity index (χ0v) is 22.2. The maximum Gasteiger partial charge on any atom is 0.314 e. The lowest BCUT2D eigenvalue weighted by atomic mass is 9.47. The summed E-state index contributed by atoms with van der Waals surface area (Å²) in [5.41, 5.74) is 0.441. The molecule has 0 aromatic rings. The van der Waals surface area contributed by atoms with Gasteiger partial charge in [-0.15, -0.1) is 0 Å².